The molecule has 2 aliphatic heterocycles. The molecular weight excluding hydrogens is 330 g/mol. The SMILES string of the molecule is N[C@H]1CCCC[C@@H]1Cc1ccc2c(c1)CN([C@H]1CCC(=O)NC1=O)C2=O. The first kappa shape index (κ1) is 17.2. The summed E-state index contributed by atoms with van der Waals surface area (Å²) in [5.41, 5.74) is 9.13. The van der Waals surface area contributed by atoms with Gasteiger partial charge in [-0.25, -0.2) is 0 Å². The van der Waals surface area contributed by atoms with Crippen molar-refractivity contribution in [2.24, 2.45) is 11.7 Å². The van der Waals surface area contributed by atoms with Crippen LogP contribution in [0.1, 0.15) is 60.0 Å². The van der Waals surface area contributed by atoms with Crippen molar-refractivity contribution >= 4 is 17.7 Å². The molecule has 0 unspecified atom stereocenters. The summed E-state index contributed by atoms with van der Waals surface area (Å²) in [6.07, 6.45) is 6.34. The number of fused-ring (bicyclic) bond motifs is 1. The lowest BCUT2D eigenvalue weighted by molar-refractivity contribution is -0.136. The molecule has 1 saturated carbocycles. The van der Waals surface area contributed by atoms with Crippen LogP contribution in [-0.4, -0.2) is 34.7 Å². The Bertz CT molecular complexity index is 761. The zero-order chi connectivity index (χ0) is 18.3. The van der Waals surface area contributed by atoms with Gasteiger partial charge in [-0.15, -0.1) is 0 Å². The van der Waals surface area contributed by atoms with Crippen molar-refractivity contribution in [2.45, 2.75) is 63.6 Å². The average molecular weight is 355 g/mol. The lowest BCUT2D eigenvalue weighted by Gasteiger charge is -2.29. The van der Waals surface area contributed by atoms with Crippen LogP contribution in [0.25, 0.3) is 0 Å². The van der Waals surface area contributed by atoms with E-state index in [1.807, 2.05) is 12.1 Å². The monoisotopic (exact) mass is 355 g/mol. The first-order valence-electron chi connectivity index (χ1n) is 9.55. The highest BCUT2D eigenvalue weighted by Crippen LogP contribution is 2.31. The van der Waals surface area contributed by atoms with Crippen LogP contribution in [0.3, 0.4) is 0 Å². The van der Waals surface area contributed by atoms with E-state index in [0.29, 0.717) is 24.4 Å². The molecule has 138 valence electrons. The van der Waals surface area contributed by atoms with Crippen molar-refractivity contribution in [2.75, 3.05) is 0 Å². The molecule has 2 fully saturated rings. The Morgan fingerprint density at radius 3 is 2.69 bits per heavy atom. The van der Waals surface area contributed by atoms with Gasteiger partial charge in [0, 0.05) is 24.6 Å². The molecular formula is C20H25N3O3. The highest BCUT2D eigenvalue weighted by molar-refractivity contribution is 6.05. The molecule has 3 N–H and O–H groups in total. The second kappa shape index (κ2) is 6.83. The predicted molar refractivity (Wildman–Crippen MR) is 96.1 cm³/mol. The third-order valence-electron chi connectivity index (χ3n) is 6.05. The Balaban J connectivity index is 1.49. The molecule has 4 rings (SSSR count). The average Bonchev–Trinajstić information content (AvgIpc) is 2.93. The maximum absolute atomic E-state index is 12.7. The van der Waals surface area contributed by atoms with Gasteiger partial charge in [-0.1, -0.05) is 25.0 Å². The van der Waals surface area contributed by atoms with Crippen LogP contribution < -0.4 is 11.1 Å². The third-order valence-corrected chi connectivity index (χ3v) is 6.05. The minimum Gasteiger partial charge on any atom is -0.327 e. The zero-order valence-electron chi connectivity index (χ0n) is 14.9. The molecule has 3 aliphatic rings. The van der Waals surface area contributed by atoms with Crippen molar-refractivity contribution in [1.82, 2.24) is 10.2 Å². The number of carbonyl (C=O) groups is 3. The summed E-state index contributed by atoms with van der Waals surface area (Å²) in [4.78, 5) is 37.8. The minimum atomic E-state index is -0.553. The van der Waals surface area contributed by atoms with Gasteiger partial charge in [-0.2, -0.15) is 0 Å². The van der Waals surface area contributed by atoms with Gasteiger partial charge in [0.25, 0.3) is 5.91 Å². The van der Waals surface area contributed by atoms with Gasteiger partial charge in [-0.05, 0) is 48.8 Å². The van der Waals surface area contributed by atoms with E-state index in [0.717, 1.165) is 18.4 Å². The number of imide groups is 1. The van der Waals surface area contributed by atoms with Gasteiger partial charge >= 0.3 is 0 Å². The van der Waals surface area contributed by atoms with E-state index in [2.05, 4.69) is 11.4 Å². The molecule has 1 aliphatic carbocycles. The number of carbonyl (C=O) groups excluding carboxylic acids is 3. The second-order valence-electron chi connectivity index (χ2n) is 7.80. The van der Waals surface area contributed by atoms with Crippen LogP contribution in [0, 0.1) is 5.92 Å². The van der Waals surface area contributed by atoms with Gasteiger partial charge in [0.1, 0.15) is 6.04 Å². The highest BCUT2D eigenvalue weighted by Gasteiger charge is 2.39. The fraction of sp³-hybridized carbons (Fsp3) is 0.550. The van der Waals surface area contributed by atoms with Crippen LogP contribution in [0.2, 0.25) is 0 Å². The van der Waals surface area contributed by atoms with E-state index in [9.17, 15) is 14.4 Å². The molecule has 26 heavy (non-hydrogen) atoms. The summed E-state index contributed by atoms with van der Waals surface area (Å²) in [5.74, 6) is -0.238. The van der Waals surface area contributed by atoms with E-state index >= 15 is 0 Å². The first-order chi connectivity index (χ1) is 12.5. The van der Waals surface area contributed by atoms with Crippen molar-refractivity contribution in [3.8, 4) is 0 Å². The molecule has 1 saturated heterocycles. The summed E-state index contributed by atoms with van der Waals surface area (Å²) in [7, 11) is 0. The maximum Gasteiger partial charge on any atom is 0.255 e. The number of hydrogen-bond donors (Lipinski definition) is 2. The van der Waals surface area contributed by atoms with E-state index in [1.165, 1.54) is 24.8 Å². The zero-order valence-corrected chi connectivity index (χ0v) is 14.9. The summed E-state index contributed by atoms with van der Waals surface area (Å²) in [5, 5.41) is 2.34. The summed E-state index contributed by atoms with van der Waals surface area (Å²) >= 11 is 0. The van der Waals surface area contributed by atoms with E-state index < -0.39 is 6.04 Å². The van der Waals surface area contributed by atoms with Crippen LogP contribution in [-0.2, 0) is 22.6 Å². The molecule has 0 bridgehead atoms. The molecule has 2 heterocycles. The summed E-state index contributed by atoms with van der Waals surface area (Å²) in [6, 6.07) is 5.71. The van der Waals surface area contributed by atoms with Crippen molar-refractivity contribution in [3.63, 3.8) is 0 Å². The highest BCUT2D eigenvalue weighted by atomic mass is 16.2. The van der Waals surface area contributed by atoms with Crippen molar-refractivity contribution in [3.05, 3.63) is 34.9 Å². The molecule has 3 amide bonds. The maximum atomic E-state index is 12.7. The molecule has 0 spiro atoms. The molecule has 0 aromatic heterocycles. The van der Waals surface area contributed by atoms with Gasteiger partial charge in [-0.3, -0.25) is 19.7 Å². The Kier molecular flexibility index (Phi) is 4.53. The molecule has 6 nitrogen and oxygen atoms in total. The molecule has 1 aromatic rings. The van der Waals surface area contributed by atoms with Crippen LogP contribution >= 0.6 is 0 Å². The number of rotatable bonds is 3. The predicted octanol–water partition coefficient (Wildman–Crippen LogP) is 1.51. The van der Waals surface area contributed by atoms with E-state index in [4.69, 9.17) is 5.73 Å². The number of benzene rings is 1. The molecule has 1 aromatic carbocycles. The number of hydrogen-bond acceptors (Lipinski definition) is 4. The summed E-state index contributed by atoms with van der Waals surface area (Å²) in [6.45, 7) is 0.436. The lowest BCUT2D eigenvalue weighted by atomic mass is 9.81. The second-order valence-corrected chi connectivity index (χ2v) is 7.80. The fourth-order valence-corrected chi connectivity index (χ4v) is 4.55. The standard InChI is InChI=1S/C20H25N3O3/c21-16-4-2-1-3-13(16)9-12-5-6-15-14(10-12)11-23(20(15)26)17-7-8-18(24)22-19(17)25/h5-6,10,13,16-17H,1-4,7-9,11,21H2,(H,22,24,25)/t13-,16+,17+/m1/s1. The van der Waals surface area contributed by atoms with Gasteiger partial charge in [0.15, 0.2) is 0 Å². The Morgan fingerprint density at radius 1 is 1.12 bits per heavy atom. The van der Waals surface area contributed by atoms with Gasteiger partial charge in [0.05, 0.1) is 0 Å². The summed E-state index contributed by atoms with van der Waals surface area (Å²) < 4.78 is 0. The number of nitrogens with zero attached hydrogens (tertiary/aromatic N) is 1. The molecule has 6 heteroatoms. The van der Waals surface area contributed by atoms with Crippen LogP contribution in [0.4, 0.5) is 0 Å². The number of nitrogens with two attached hydrogens (primary N) is 1. The minimum absolute atomic E-state index is 0.115. The van der Waals surface area contributed by atoms with Crippen LogP contribution in [0.5, 0.6) is 0 Å². The van der Waals surface area contributed by atoms with Crippen molar-refractivity contribution in [1.29, 1.82) is 0 Å². The Morgan fingerprint density at radius 2 is 1.92 bits per heavy atom. The van der Waals surface area contributed by atoms with Gasteiger partial charge in [0.2, 0.25) is 11.8 Å². The van der Waals surface area contributed by atoms with Crippen LogP contribution in [0.15, 0.2) is 18.2 Å². The Hall–Kier alpha value is -2.21. The first-order valence-corrected chi connectivity index (χ1v) is 9.55. The topological polar surface area (TPSA) is 92.5 Å². The Labute approximate surface area is 153 Å². The number of amides is 3. The van der Waals surface area contributed by atoms with Crippen molar-refractivity contribution < 1.29 is 14.4 Å². The number of piperidine rings is 1. The van der Waals surface area contributed by atoms with E-state index in [-0.39, 0.29) is 30.2 Å². The van der Waals surface area contributed by atoms with Gasteiger partial charge < -0.3 is 10.6 Å². The fourth-order valence-electron chi connectivity index (χ4n) is 4.55. The smallest absolute Gasteiger partial charge is 0.255 e. The number of nitrogens with one attached hydrogen (secondary N) is 1. The molecule has 3 atom stereocenters. The lowest BCUT2D eigenvalue weighted by Crippen LogP contribution is -2.52. The van der Waals surface area contributed by atoms with E-state index in [1.54, 1.807) is 4.90 Å². The normalized spacial score (nSPS) is 28.9. The molecule has 0 radical (unpaired) electrons. The quantitative estimate of drug-likeness (QED) is 0.804. The third kappa shape index (κ3) is 3.14. The largest absolute Gasteiger partial charge is 0.327 e.